The number of hydrogen-bond acceptors (Lipinski definition) is 5. The van der Waals surface area contributed by atoms with Crippen molar-refractivity contribution < 1.29 is 4.42 Å². The highest BCUT2D eigenvalue weighted by molar-refractivity contribution is 9.10. The zero-order valence-electron chi connectivity index (χ0n) is 9.57. The van der Waals surface area contributed by atoms with E-state index in [0.29, 0.717) is 11.9 Å². The largest absolute Gasteiger partial charge is 0.406 e. The Morgan fingerprint density at radius 2 is 2.06 bits per heavy atom. The Labute approximate surface area is 108 Å². The van der Waals surface area contributed by atoms with E-state index < -0.39 is 0 Å². The molecular weight excluding hydrogens is 284 g/mol. The monoisotopic (exact) mass is 296 g/mol. The Morgan fingerprint density at radius 3 is 2.76 bits per heavy atom. The summed E-state index contributed by atoms with van der Waals surface area (Å²) in [6.45, 7) is 1.95. The molecule has 5 nitrogen and oxygen atoms in total. The molecule has 0 saturated carbocycles. The van der Waals surface area contributed by atoms with Crippen LogP contribution < -0.4 is 10.6 Å². The SMILES string of the molecule is CNC(C)c1nnc(Nc2ccccc2Br)o1. The summed E-state index contributed by atoms with van der Waals surface area (Å²) in [6, 6.07) is 8.16. The van der Waals surface area contributed by atoms with E-state index in [4.69, 9.17) is 4.42 Å². The molecule has 0 aliphatic heterocycles. The number of anilines is 2. The fourth-order valence-electron chi connectivity index (χ4n) is 1.26. The molecule has 2 N–H and O–H groups in total. The number of benzene rings is 1. The number of aromatic nitrogens is 2. The highest BCUT2D eigenvalue weighted by Crippen LogP contribution is 2.25. The van der Waals surface area contributed by atoms with E-state index in [0.717, 1.165) is 10.2 Å². The van der Waals surface area contributed by atoms with E-state index in [1.807, 2.05) is 38.2 Å². The zero-order valence-corrected chi connectivity index (χ0v) is 11.2. The first-order valence-electron chi connectivity index (χ1n) is 5.23. The molecular formula is C11H13BrN4O. The first-order valence-corrected chi connectivity index (χ1v) is 6.02. The van der Waals surface area contributed by atoms with Crippen molar-refractivity contribution in [3.05, 3.63) is 34.6 Å². The molecule has 17 heavy (non-hydrogen) atoms. The molecule has 2 aromatic rings. The molecule has 6 heteroatoms. The van der Waals surface area contributed by atoms with Crippen LogP contribution in [0.5, 0.6) is 0 Å². The number of nitrogens with zero attached hydrogens (tertiary/aromatic N) is 2. The van der Waals surface area contributed by atoms with Crippen LogP contribution >= 0.6 is 15.9 Å². The lowest BCUT2D eigenvalue weighted by atomic mass is 10.3. The Morgan fingerprint density at radius 1 is 1.29 bits per heavy atom. The third-order valence-electron chi connectivity index (χ3n) is 2.36. The van der Waals surface area contributed by atoms with Crippen LogP contribution in [0.15, 0.2) is 33.2 Å². The van der Waals surface area contributed by atoms with Crippen LogP contribution in [-0.2, 0) is 0 Å². The van der Waals surface area contributed by atoms with Crippen molar-refractivity contribution in [1.82, 2.24) is 15.5 Å². The lowest BCUT2D eigenvalue weighted by molar-refractivity contribution is 0.443. The van der Waals surface area contributed by atoms with Crippen LogP contribution in [0.2, 0.25) is 0 Å². The summed E-state index contributed by atoms with van der Waals surface area (Å²) in [4.78, 5) is 0. The maximum atomic E-state index is 5.48. The second-order valence-electron chi connectivity index (χ2n) is 3.56. The van der Waals surface area contributed by atoms with Gasteiger partial charge in [0.05, 0.1) is 11.7 Å². The van der Waals surface area contributed by atoms with Gasteiger partial charge in [-0.3, -0.25) is 0 Å². The van der Waals surface area contributed by atoms with E-state index in [1.165, 1.54) is 0 Å². The summed E-state index contributed by atoms with van der Waals surface area (Å²) in [5.74, 6) is 0.557. The van der Waals surface area contributed by atoms with Gasteiger partial charge in [-0.2, -0.15) is 0 Å². The fraction of sp³-hybridized carbons (Fsp3) is 0.273. The molecule has 0 radical (unpaired) electrons. The molecule has 1 aromatic carbocycles. The van der Waals surface area contributed by atoms with Gasteiger partial charge in [-0.15, -0.1) is 5.10 Å². The van der Waals surface area contributed by atoms with Gasteiger partial charge in [-0.25, -0.2) is 0 Å². The third-order valence-corrected chi connectivity index (χ3v) is 3.05. The van der Waals surface area contributed by atoms with Crippen molar-refractivity contribution >= 4 is 27.6 Å². The number of hydrogen-bond donors (Lipinski definition) is 2. The normalized spacial score (nSPS) is 12.4. The van der Waals surface area contributed by atoms with Gasteiger partial charge in [0.1, 0.15) is 0 Å². The molecule has 90 valence electrons. The Kier molecular flexibility index (Phi) is 3.75. The van der Waals surface area contributed by atoms with Crippen LogP contribution in [0, 0.1) is 0 Å². The summed E-state index contributed by atoms with van der Waals surface area (Å²) in [6.07, 6.45) is 0. The summed E-state index contributed by atoms with van der Waals surface area (Å²) in [7, 11) is 1.84. The standard InChI is InChI=1S/C11H13BrN4O/c1-7(13-2)10-15-16-11(17-10)14-9-6-4-3-5-8(9)12/h3-7,13H,1-2H3,(H,14,16). The van der Waals surface area contributed by atoms with Crippen LogP contribution in [0.1, 0.15) is 18.9 Å². The minimum atomic E-state index is 0.0391. The second-order valence-corrected chi connectivity index (χ2v) is 4.41. The highest BCUT2D eigenvalue weighted by Gasteiger charge is 2.12. The van der Waals surface area contributed by atoms with Crippen molar-refractivity contribution in [3.8, 4) is 0 Å². The topological polar surface area (TPSA) is 63.0 Å². The van der Waals surface area contributed by atoms with Crippen molar-refractivity contribution in [3.63, 3.8) is 0 Å². The molecule has 1 atom stereocenters. The molecule has 0 aliphatic carbocycles. The van der Waals surface area contributed by atoms with Crippen molar-refractivity contribution in [2.45, 2.75) is 13.0 Å². The maximum absolute atomic E-state index is 5.48. The predicted octanol–water partition coefficient (Wildman–Crippen LogP) is 2.86. The number of halogens is 1. The molecule has 1 aromatic heterocycles. The lowest BCUT2D eigenvalue weighted by Gasteiger charge is -2.04. The van der Waals surface area contributed by atoms with E-state index >= 15 is 0 Å². The predicted molar refractivity (Wildman–Crippen MR) is 69.2 cm³/mol. The van der Waals surface area contributed by atoms with Gasteiger partial charge in [0, 0.05) is 4.47 Å². The second kappa shape index (κ2) is 5.29. The quantitative estimate of drug-likeness (QED) is 0.908. The minimum absolute atomic E-state index is 0.0391. The molecule has 0 saturated heterocycles. The number of para-hydroxylation sites is 1. The summed E-state index contributed by atoms with van der Waals surface area (Å²) >= 11 is 3.44. The lowest BCUT2D eigenvalue weighted by Crippen LogP contribution is -2.12. The molecule has 1 unspecified atom stereocenters. The molecule has 0 fully saturated rings. The highest BCUT2D eigenvalue weighted by atomic mass is 79.9. The van der Waals surface area contributed by atoms with E-state index in [1.54, 1.807) is 0 Å². The summed E-state index contributed by atoms with van der Waals surface area (Å²) < 4.78 is 6.42. The van der Waals surface area contributed by atoms with Gasteiger partial charge in [-0.05, 0) is 42.0 Å². The van der Waals surface area contributed by atoms with E-state index in [-0.39, 0.29) is 6.04 Å². The molecule has 1 heterocycles. The molecule has 0 spiro atoms. The molecule has 0 aliphatic rings. The minimum Gasteiger partial charge on any atom is -0.406 e. The Hall–Kier alpha value is -1.40. The number of nitrogens with one attached hydrogen (secondary N) is 2. The smallest absolute Gasteiger partial charge is 0.320 e. The van der Waals surface area contributed by atoms with Crippen LogP contribution in [-0.4, -0.2) is 17.2 Å². The maximum Gasteiger partial charge on any atom is 0.320 e. The van der Waals surface area contributed by atoms with Crippen molar-refractivity contribution in [2.24, 2.45) is 0 Å². The van der Waals surface area contributed by atoms with E-state index in [2.05, 4.69) is 36.8 Å². The van der Waals surface area contributed by atoms with E-state index in [9.17, 15) is 0 Å². The summed E-state index contributed by atoms with van der Waals surface area (Å²) in [5.41, 5.74) is 0.889. The summed E-state index contributed by atoms with van der Waals surface area (Å²) in [5, 5.41) is 14.0. The van der Waals surface area contributed by atoms with Gasteiger partial charge in [0.15, 0.2) is 0 Å². The molecule has 0 bridgehead atoms. The number of rotatable bonds is 4. The zero-order chi connectivity index (χ0) is 12.3. The van der Waals surface area contributed by atoms with Gasteiger partial charge in [-0.1, -0.05) is 17.2 Å². The van der Waals surface area contributed by atoms with Crippen LogP contribution in [0.25, 0.3) is 0 Å². The van der Waals surface area contributed by atoms with Crippen LogP contribution in [0.4, 0.5) is 11.7 Å². The van der Waals surface area contributed by atoms with Gasteiger partial charge < -0.3 is 15.1 Å². The fourth-order valence-corrected chi connectivity index (χ4v) is 1.65. The van der Waals surface area contributed by atoms with Crippen molar-refractivity contribution in [2.75, 3.05) is 12.4 Å². The Bertz CT molecular complexity index is 500. The molecule has 0 amide bonds. The van der Waals surface area contributed by atoms with Gasteiger partial charge >= 0.3 is 6.01 Å². The van der Waals surface area contributed by atoms with Gasteiger partial charge in [0.2, 0.25) is 5.89 Å². The molecule has 2 rings (SSSR count). The average molecular weight is 297 g/mol. The Balaban J connectivity index is 2.14. The van der Waals surface area contributed by atoms with Crippen molar-refractivity contribution in [1.29, 1.82) is 0 Å². The first kappa shape index (κ1) is 12.1. The first-order chi connectivity index (χ1) is 8.20. The van der Waals surface area contributed by atoms with Crippen LogP contribution in [0.3, 0.4) is 0 Å². The third kappa shape index (κ3) is 2.83. The van der Waals surface area contributed by atoms with Gasteiger partial charge in [0.25, 0.3) is 0 Å². The average Bonchev–Trinajstić information content (AvgIpc) is 2.80.